The molecule has 1 unspecified atom stereocenters. The van der Waals surface area contributed by atoms with Gasteiger partial charge in [0.15, 0.2) is 0 Å². The fraction of sp³-hybridized carbons (Fsp3) is 0.636. The Balaban J connectivity index is 2.35. The van der Waals surface area contributed by atoms with Crippen LogP contribution in [0, 0.1) is 0 Å². The fourth-order valence-electron chi connectivity index (χ4n) is 2.08. The first kappa shape index (κ1) is 12.9. The predicted molar refractivity (Wildman–Crippen MR) is 57.9 cm³/mol. The maximum Gasteiger partial charge on any atom is 0.417 e. The molecule has 2 nitrogen and oxygen atoms in total. The van der Waals surface area contributed by atoms with Gasteiger partial charge in [0.2, 0.25) is 0 Å². The van der Waals surface area contributed by atoms with Crippen LogP contribution in [0.3, 0.4) is 0 Å². The molecule has 1 aromatic rings. The van der Waals surface area contributed by atoms with Gasteiger partial charge in [-0.15, -0.1) is 0 Å². The van der Waals surface area contributed by atoms with Gasteiger partial charge in [0.1, 0.15) is 0 Å². The largest absolute Gasteiger partial charge is 0.417 e. The molecule has 1 aliphatic rings. The maximum atomic E-state index is 12.8. The molecule has 0 spiro atoms. The molecule has 17 heavy (non-hydrogen) atoms. The van der Waals surface area contributed by atoms with Crippen molar-refractivity contribution >= 4 is 11.3 Å². The van der Waals surface area contributed by atoms with Crippen molar-refractivity contribution in [3.63, 3.8) is 0 Å². The number of ether oxygens (including phenoxy) is 1. The van der Waals surface area contributed by atoms with Crippen LogP contribution in [0.25, 0.3) is 0 Å². The number of hydrogen-bond acceptors (Lipinski definition) is 3. The number of alkyl halides is 3. The lowest BCUT2D eigenvalue weighted by Crippen LogP contribution is -2.28. The molecule has 0 saturated carbocycles. The summed E-state index contributed by atoms with van der Waals surface area (Å²) in [5, 5.41) is 12.8. The van der Waals surface area contributed by atoms with E-state index in [0.29, 0.717) is 26.1 Å². The molecular formula is C11H13F3O2S. The van der Waals surface area contributed by atoms with Gasteiger partial charge in [-0.25, -0.2) is 0 Å². The Labute approximate surface area is 101 Å². The minimum atomic E-state index is -4.40. The summed E-state index contributed by atoms with van der Waals surface area (Å²) in [4.78, 5) is 0. The molecule has 96 valence electrons. The van der Waals surface area contributed by atoms with Crippen molar-refractivity contribution in [1.82, 2.24) is 0 Å². The van der Waals surface area contributed by atoms with E-state index in [-0.39, 0.29) is 12.0 Å². The first-order chi connectivity index (χ1) is 7.93. The van der Waals surface area contributed by atoms with Gasteiger partial charge < -0.3 is 9.84 Å². The third kappa shape index (κ3) is 2.64. The minimum Gasteiger partial charge on any atom is -0.385 e. The molecule has 1 aromatic heterocycles. The second-order valence-electron chi connectivity index (χ2n) is 4.19. The molecular weight excluding hydrogens is 253 g/mol. The highest BCUT2D eigenvalue weighted by Crippen LogP contribution is 2.42. The summed E-state index contributed by atoms with van der Waals surface area (Å²) in [6.45, 7) is 0.789. The van der Waals surface area contributed by atoms with Gasteiger partial charge >= 0.3 is 6.18 Å². The summed E-state index contributed by atoms with van der Waals surface area (Å²) in [7, 11) is 0. The molecule has 1 atom stereocenters. The molecule has 6 heteroatoms. The Morgan fingerprint density at radius 2 is 2.00 bits per heavy atom. The van der Waals surface area contributed by atoms with Crippen LogP contribution in [0.15, 0.2) is 10.8 Å². The van der Waals surface area contributed by atoms with Crippen molar-refractivity contribution in [3.8, 4) is 0 Å². The van der Waals surface area contributed by atoms with Crippen molar-refractivity contribution in [2.24, 2.45) is 0 Å². The van der Waals surface area contributed by atoms with E-state index in [4.69, 9.17) is 4.74 Å². The third-order valence-corrected chi connectivity index (χ3v) is 3.75. The molecule has 0 aromatic carbocycles. The van der Waals surface area contributed by atoms with Crippen molar-refractivity contribution < 1.29 is 23.0 Å². The minimum absolute atomic E-state index is 0.000463. The molecule has 0 amide bonds. The lowest BCUT2D eigenvalue weighted by atomic mass is 9.86. The average Bonchev–Trinajstić information content (AvgIpc) is 2.64. The average molecular weight is 266 g/mol. The highest BCUT2D eigenvalue weighted by atomic mass is 32.1. The summed E-state index contributed by atoms with van der Waals surface area (Å²) >= 11 is 0.971. The molecule has 1 aliphatic heterocycles. The number of halogens is 3. The van der Waals surface area contributed by atoms with Crippen LogP contribution in [0.1, 0.15) is 30.4 Å². The van der Waals surface area contributed by atoms with Crippen LogP contribution in [0.4, 0.5) is 13.2 Å². The van der Waals surface area contributed by atoms with Gasteiger partial charge in [0.25, 0.3) is 0 Å². The zero-order valence-corrected chi connectivity index (χ0v) is 9.90. The fourth-order valence-corrected chi connectivity index (χ4v) is 3.03. The Morgan fingerprint density at radius 1 is 1.24 bits per heavy atom. The van der Waals surface area contributed by atoms with E-state index in [1.807, 2.05) is 0 Å². The smallest absolute Gasteiger partial charge is 0.385 e. The van der Waals surface area contributed by atoms with Crippen LogP contribution < -0.4 is 0 Å². The summed E-state index contributed by atoms with van der Waals surface area (Å²) in [5.41, 5.74) is -2.12. The molecule has 1 N–H and O–H groups in total. The second kappa shape index (κ2) is 4.59. The van der Waals surface area contributed by atoms with Crippen LogP contribution in [-0.4, -0.2) is 18.3 Å². The highest BCUT2D eigenvalue weighted by molar-refractivity contribution is 7.08. The summed E-state index contributed by atoms with van der Waals surface area (Å²) in [5.74, 6) is 0. The zero-order chi connectivity index (χ0) is 12.5. The quantitative estimate of drug-likeness (QED) is 0.846. The van der Waals surface area contributed by atoms with E-state index >= 15 is 0 Å². The van der Waals surface area contributed by atoms with E-state index in [1.165, 1.54) is 5.38 Å². The van der Waals surface area contributed by atoms with Crippen molar-refractivity contribution in [1.29, 1.82) is 0 Å². The summed E-state index contributed by atoms with van der Waals surface area (Å²) < 4.78 is 43.5. The zero-order valence-electron chi connectivity index (χ0n) is 9.09. The third-order valence-electron chi connectivity index (χ3n) is 3.01. The number of hydrogen-bond donors (Lipinski definition) is 1. The first-order valence-electron chi connectivity index (χ1n) is 5.37. The normalized spacial score (nSPS) is 26.8. The molecule has 1 fully saturated rings. The first-order valence-corrected chi connectivity index (χ1v) is 6.32. The summed E-state index contributed by atoms with van der Waals surface area (Å²) in [6.07, 6.45) is -3.30. The van der Waals surface area contributed by atoms with E-state index in [2.05, 4.69) is 0 Å². The maximum absolute atomic E-state index is 12.8. The Bertz CT molecular complexity index is 378. The van der Waals surface area contributed by atoms with Crippen LogP contribution in [-0.2, 0) is 16.5 Å². The second-order valence-corrected chi connectivity index (χ2v) is 4.94. The lowest BCUT2D eigenvalue weighted by Gasteiger charge is -2.27. The highest BCUT2D eigenvalue weighted by Gasteiger charge is 2.41. The van der Waals surface area contributed by atoms with Gasteiger partial charge in [-0.1, -0.05) is 0 Å². The lowest BCUT2D eigenvalue weighted by molar-refractivity contribution is -0.140. The molecule has 0 bridgehead atoms. The van der Waals surface area contributed by atoms with E-state index in [9.17, 15) is 18.3 Å². The van der Waals surface area contributed by atoms with Crippen LogP contribution >= 0.6 is 11.3 Å². The Hall–Kier alpha value is -0.590. The number of aliphatic hydroxyl groups is 1. The summed E-state index contributed by atoms with van der Waals surface area (Å²) in [6, 6.07) is 0. The van der Waals surface area contributed by atoms with Crippen molar-refractivity contribution in [2.75, 3.05) is 13.2 Å². The number of thiophene rings is 1. The number of rotatable bonds is 1. The van der Waals surface area contributed by atoms with E-state index in [0.717, 1.165) is 16.7 Å². The predicted octanol–water partition coefficient (Wildman–Crippen LogP) is 3.16. The van der Waals surface area contributed by atoms with Gasteiger partial charge in [0.05, 0.1) is 11.2 Å². The Kier molecular flexibility index (Phi) is 3.47. The molecule has 2 rings (SSSR count). The molecule has 0 aliphatic carbocycles. The topological polar surface area (TPSA) is 29.5 Å². The van der Waals surface area contributed by atoms with Gasteiger partial charge in [-0.2, -0.15) is 24.5 Å². The van der Waals surface area contributed by atoms with Crippen LogP contribution in [0.2, 0.25) is 0 Å². The molecule has 2 heterocycles. The Morgan fingerprint density at radius 3 is 2.71 bits per heavy atom. The van der Waals surface area contributed by atoms with Gasteiger partial charge in [0, 0.05) is 30.6 Å². The monoisotopic (exact) mass is 266 g/mol. The SMILES string of the molecule is OC1(c2cscc2C(F)(F)F)CCCOCC1. The van der Waals surface area contributed by atoms with Crippen molar-refractivity contribution in [2.45, 2.75) is 31.0 Å². The van der Waals surface area contributed by atoms with Gasteiger partial charge in [-0.3, -0.25) is 0 Å². The molecule has 1 saturated heterocycles. The standard InChI is InChI=1S/C11H13F3O2S/c12-11(13,14)9-7-17-6-8(9)10(15)2-1-4-16-5-3-10/h6-7,15H,1-5H2. The van der Waals surface area contributed by atoms with Crippen molar-refractivity contribution in [3.05, 3.63) is 21.9 Å². The molecule has 0 radical (unpaired) electrons. The van der Waals surface area contributed by atoms with E-state index < -0.39 is 17.3 Å². The van der Waals surface area contributed by atoms with Crippen LogP contribution in [0.5, 0.6) is 0 Å². The van der Waals surface area contributed by atoms with Gasteiger partial charge in [-0.05, 0) is 18.2 Å². The van der Waals surface area contributed by atoms with E-state index in [1.54, 1.807) is 0 Å².